The number of benzene rings is 4. The summed E-state index contributed by atoms with van der Waals surface area (Å²) in [6.07, 6.45) is 3.63. The minimum Gasteiger partial charge on any atom is -0.0654 e. The highest BCUT2D eigenvalue weighted by molar-refractivity contribution is 5.82. The number of hydrogen-bond acceptors (Lipinski definition) is 0. The van der Waals surface area contributed by atoms with Crippen molar-refractivity contribution in [1.82, 2.24) is 0 Å². The number of aryl methyl sites for hydroxylation is 3. The Hall–Kier alpha value is -3.64. The summed E-state index contributed by atoms with van der Waals surface area (Å²) in [5.74, 6) is 0.471. The van der Waals surface area contributed by atoms with Crippen molar-refractivity contribution in [3.63, 3.8) is 0 Å². The zero-order chi connectivity index (χ0) is 33.3. The molecule has 2 aliphatic rings. The van der Waals surface area contributed by atoms with Gasteiger partial charge in [-0.15, -0.1) is 0 Å². The van der Waals surface area contributed by atoms with Gasteiger partial charge in [-0.3, -0.25) is 0 Å². The van der Waals surface area contributed by atoms with Gasteiger partial charge in [0.15, 0.2) is 0 Å². The topological polar surface area (TPSA) is 0 Å². The molecule has 0 bridgehead atoms. The quantitative estimate of drug-likeness (QED) is 0.212. The van der Waals surface area contributed by atoms with Gasteiger partial charge in [0, 0.05) is 17.3 Å². The Kier molecular flexibility index (Phi) is 7.91. The molecule has 1 atom stereocenters. The van der Waals surface area contributed by atoms with Crippen LogP contribution >= 0.6 is 0 Å². The molecule has 4 aromatic carbocycles. The van der Waals surface area contributed by atoms with Gasteiger partial charge in [-0.1, -0.05) is 157 Å². The van der Waals surface area contributed by atoms with Crippen LogP contribution in [-0.4, -0.2) is 0 Å². The molecule has 0 heteroatoms. The van der Waals surface area contributed by atoms with Crippen LogP contribution in [0.3, 0.4) is 0 Å². The van der Waals surface area contributed by atoms with Gasteiger partial charge in [0.2, 0.25) is 0 Å². The van der Waals surface area contributed by atoms with E-state index >= 15 is 0 Å². The molecule has 1 unspecified atom stereocenters. The maximum atomic E-state index is 2.61. The first-order valence-electron chi connectivity index (χ1n) is 17.3. The minimum atomic E-state index is -0.0408. The van der Waals surface area contributed by atoms with Crippen LogP contribution in [0.1, 0.15) is 131 Å². The average Bonchev–Trinajstić information content (AvgIpc) is 3.52. The molecule has 0 nitrogen and oxygen atoms in total. The molecule has 0 aliphatic heterocycles. The molecule has 0 fully saturated rings. The highest BCUT2D eigenvalue weighted by Crippen LogP contribution is 2.57. The lowest BCUT2D eigenvalue weighted by molar-refractivity contribution is 0.589. The monoisotopic (exact) mass is 606 g/mol. The lowest BCUT2D eigenvalue weighted by Gasteiger charge is -2.32. The Morgan fingerprint density at radius 1 is 0.587 bits per heavy atom. The molecule has 0 heterocycles. The first-order chi connectivity index (χ1) is 21.5. The lowest BCUT2D eigenvalue weighted by atomic mass is 9.71. The van der Waals surface area contributed by atoms with Crippen molar-refractivity contribution in [1.29, 1.82) is 0 Å². The third-order valence-electron chi connectivity index (χ3n) is 11.1. The molecule has 0 aromatic heterocycles. The van der Waals surface area contributed by atoms with E-state index in [2.05, 4.69) is 168 Å². The first-order valence-corrected chi connectivity index (χ1v) is 17.3. The summed E-state index contributed by atoms with van der Waals surface area (Å²) in [5.41, 5.74) is 20.3. The average molecular weight is 607 g/mol. The second kappa shape index (κ2) is 11.3. The van der Waals surface area contributed by atoms with Crippen LogP contribution in [-0.2, 0) is 16.2 Å². The van der Waals surface area contributed by atoms with Crippen LogP contribution in [0.15, 0.2) is 102 Å². The molecule has 4 aromatic rings. The SMILES string of the molecule is CC1=C(C(c2c(C)cc(C)cc2C)C2c3ccc(C(C)(C)C)cc3-c3cc(C(C)(C)C)ccc32)C=C(C(C)(C)c2ccccc2)C1. The van der Waals surface area contributed by atoms with Crippen molar-refractivity contribution in [2.24, 2.45) is 0 Å². The van der Waals surface area contributed by atoms with Crippen molar-refractivity contribution in [2.45, 2.75) is 118 Å². The maximum Gasteiger partial charge on any atom is 0.0211 e. The molecule has 238 valence electrons. The van der Waals surface area contributed by atoms with Crippen LogP contribution in [0.5, 0.6) is 0 Å². The van der Waals surface area contributed by atoms with Crippen LogP contribution in [0.25, 0.3) is 11.1 Å². The van der Waals surface area contributed by atoms with Gasteiger partial charge in [-0.25, -0.2) is 0 Å². The van der Waals surface area contributed by atoms with E-state index in [1.807, 2.05) is 0 Å². The first kappa shape index (κ1) is 32.3. The standard InChI is InChI=1S/C46H54/c1-28-22-30(3)41(31(4)23-28)43(38-27-35(24-29(38)2)46(11,12)32-16-14-13-15-17-32)42-36-20-18-33(44(5,6)7)25-39(36)40-26-34(45(8,9)10)19-21-37(40)42/h13-23,25-27,42-43H,24H2,1-12H3. The molecular weight excluding hydrogens is 553 g/mol. The Labute approximate surface area is 279 Å². The fourth-order valence-corrected chi connectivity index (χ4v) is 8.31. The van der Waals surface area contributed by atoms with Crippen molar-refractivity contribution in [2.75, 3.05) is 0 Å². The van der Waals surface area contributed by atoms with Crippen molar-refractivity contribution < 1.29 is 0 Å². The molecule has 0 amide bonds. The predicted molar refractivity (Wildman–Crippen MR) is 199 cm³/mol. The van der Waals surface area contributed by atoms with E-state index in [0.29, 0.717) is 0 Å². The lowest BCUT2D eigenvalue weighted by Crippen LogP contribution is -2.20. The molecule has 6 rings (SSSR count). The van der Waals surface area contributed by atoms with E-state index in [0.717, 1.165) is 6.42 Å². The Morgan fingerprint density at radius 2 is 1.09 bits per heavy atom. The minimum absolute atomic E-state index is 0.0408. The largest absolute Gasteiger partial charge is 0.0654 e. The predicted octanol–water partition coefficient (Wildman–Crippen LogP) is 12.7. The summed E-state index contributed by atoms with van der Waals surface area (Å²) in [7, 11) is 0. The molecule has 0 spiro atoms. The van der Waals surface area contributed by atoms with Gasteiger partial charge in [-0.05, 0) is 106 Å². The molecule has 0 radical (unpaired) electrons. The summed E-state index contributed by atoms with van der Waals surface area (Å²) in [5, 5.41) is 0. The normalized spacial score (nSPS) is 16.0. The van der Waals surface area contributed by atoms with E-state index in [-0.39, 0.29) is 28.1 Å². The van der Waals surface area contributed by atoms with Gasteiger partial charge < -0.3 is 0 Å². The van der Waals surface area contributed by atoms with E-state index in [1.165, 1.54) is 77.9 Å². The summed E-state index contributed by atoms with van der Waals surface area (Å²) in [6.45, 7) is 28.1. The summed E-state index contributed by atoms with van der Waals surface area (Å²) < 4.78 is 0. The van der Waals surface area contributed by atoms with Crippen LogP contribution < -0.4 is 0 Å². The highest BCUT2D eigenvalue weighted by atomic mass is 14.4. The second-order valence-electron chi connectivity index (χ2n) is 16.9. The van der Waals surface area contributed by atoms with E-state index in [9.17, 15) is 0 Å². The maximum absolute atomic E-state index is 2.61. The third-order valence-corrected chi connectivity index (χ3v) is 11.1. The van der Waals surface area contributed by atoms with Gasteiger partial charge in [0.25, 0.3) is 0 Å². The van der Waals surface area contributed by atoms with Crippen molar-refractivity contribution >= 4 is 0 Å². The Morgan fingerprint density at radius 3 is 1.57 bits per heavy atom. The van der Waals surface area contributed by atoms with Crippen molar-refractivity contribution in [3.8, 4) is 11.1 Å². The summed E-state index contributed by atoms with van der Waals surface area (Å²) in [4.78, 5) is 0. The van der Waals surface area contributed by atoms with Gasteiger partial charge >= 0.3 is 0 Å². The number of rotatable bonds is 5. The Bertz CT molecular complexity index is 1790. The van der Waals surface area contributed by atoms with E-state index in [1.54, 1.807) is 0 Å². The van der Waals surface area contributed by atoms with E-state index in [4.69, 9.17) is 0 Å². The van der Waals surface area contributed by atoms with Crippen LogP contribution in [0.2, 0.25) is 0 Å². The fourth-order valence-electron chi connectivity index (χ4n) is 8.31. The van der Waals surface area contributed by atoms with Gasteiger partial charge in [-0.2, -0.15) is 0 Å². The zero-order valence-electron chi connectivity index (χ0n) is 30.4. The zero-order valence-corrected chi connectivity index (χ0v) is 30.4. The summed E-state index contributed by atoms with van der Waals surface area (Å²) in [6, 6.07) is 30.7. The third kappa shape index (κ3) is 5.53. The van der Waals surface area contributed by atoms with Crippen LogP contribution in [0.4, 0.5) is 0 Å². The van der Waals surface area contributed by atoms with E-state index < -0.39 is 0 Å². The fraction of sp³-hybridized carbons (Fsp3) is 0.391. The van der Waals surface area contributed by atoms with Gasteiger partial charge in [0.05, 0.1) is 0 Å². The molecule has 0 saturated heterocycles. The number of fused-ring (bicyclic) bond motifs is 3. The Balaban J connectivity index is 1.63. The molecule has 0 saturated carbocycles. The van der Waals surface area contributed by atoms with Gasteiger partial charge in [0.1, 0.15) is 0 Å². The highest BCUT2D eigenvalue weighted by Gasteiger charge is 2.41. The number of allylic oxidation sites excluding steroid dienone is 4. The van der Waals surface area contributed by atoms with Crippen LogP contribution in [0, 0.1) is 20.8 Å². The molecule has 46 heavy (non-hydrogen) atoms. The van der Waals surface area contributed by atoms with Crippen molar-refractivity contribution in [3.05, 3.63) is 152 Å². The molecule has 0 N–H and O–H groups in total. The molecule has 2 aliphatic carbocycles. The smallest absolute Gasteiger partial charge is 0.0211 e. The number of hydrogen-bond donors (Lipinski definition) is 0. The molecular formula is C46H54. The second-order valence-corrected chi connectivity index (χ2v) is 16.9. The summed E-state index contributed by atoms with van der Waals surface area (Å²) >= 11 is 0.